The number of sulfonamides is 1. The van der Waals surface area contributed by atoms with E-state index in [1.54, 1.807) is 17.5 Å². The second-order valence-electron chi connectivity index (χ2n) is 8.36. The van der Waals surface area contributed by atoms with Gasteiger partial charge in [0.25, 0.3) is 0 Å². The van der Waals surface area contributed by atoms with E-state index in [0.717, 1.165) is 33.2 Å². The molecule has 0 amide bonds. The Morgan fingerprint density at radius 3 is 2.71 bits per heavy atom. The fourth-order valence-corrected chi connectivity index (χ4v) is 6.30. The highest BCUT2D eigenvalue weighted by molar-refractivity contribution is 7.88. The Labute approximate surface area is 185 Å². The summed E-state index contributed by atoms with van der Waals surface area (Å²) in [4.78, 5) is 9.10. The lowest BCUT2D eigenvalue weighted by Crippen LogP contribution is -2.30. The highest BCUT2D eigenvalue weighted by Gasteiger charge is 2.28. The zero-order chi connectivity index (χ0) is 21.6. The van der Waals surface area contributed by atoms with Crippen LogP contribution in [0.2, 0.25) is 0 Å². The van der Waals surface area contributed by atoms with E-state index in [9.17, 15) is 8.42 Å². The molecule has 0 radical (unpaired) electrons. The van der Waals surface area contributed by atoms with Gasteiger partial charge in [-0.1, -0.05) is 24.2 Å². The highest BCUT2D eigenvalue weighted by atomic mass is 32.2. The van der Waals surface area contributed by atoms with E-state index in [0.29, 0.717) is 30.3 Å². The van der Waals surface area contributed by atoms with Gasteiger partial charge in [0.05, 0.1) is 34.7 Å². The van der Waals surface area contributed by atoms with Crippen molar-refractivity contribution in [3.63, 3.8) is 0 Å². The molecule has 0 aromatic carbocycles. The summed E-state index contributed by atoms with van der Waals surface area (Å²) in [6.07, 6.45) is 8.61. The molecule has 2 fully saturated rings. The van der Waals surface area contributed by atoms with Crippen LogP contribution in [0.15, 0.2) is 18.3 Å². The summed E-state index contributed by atoms with van der Waals surface area (Å²) in [7, 11) is -3.16. The van der Waals surface area contributed by atoms with Gasteiger partial charge in [-0.05, 0) is 31.4 Å². The van der Waals surface area contributed by atoms with Crippen molar-refractivity contribution in [1.82, 2.24) is 24.5 Å². The molecule has 2 aliphatic rings. The fourth-order valence-electron chi connectivity index (χ4n) is 4.38. The van der Waals surface area contributed by atoms with Crippen molar-refractivity contribution in [2.24, 2.45) is 0 Å². The SMILES string of the molecule is CS(=O)(=O)N1CCC(Nc2cnc3cc(-c4nnc(C5CCCC5)s4)c(N)nc3c2)C1. The first kappa shape index (κ1) is 20.5. The van der Waals surface area contributed by atoms with Crippen molar-refractivity contribution in [2.75, 3.05) is 30.4 Å². The molecule has 164 valence electrons. The minimum absolute atomic E-state index is 0.0426. The average Bonchev–Trinajstić information content (AvgIpc) is 3.47. The van der Waals surface area contributed by atoms with Crippen LogP contribution in [0.25, 0.3) is 21.6 Å². The van der Waals surface area contributed by atoms with Crippen molar-refractivity contribution < 1.29 is 8.42 Å². The molecule has 3 N–H and O–H groups in total. The Morgan fingerprint density at radius 1 is 1.16 bits per heavy atom. The predicted molar refractivity (Wildman–Crippen MR) is 123 cm³/mol. The Morgan fingerprint density at radius 2 is 1.97 bits per heavy atom. The van der Waals surface area contributed by atoms with Crippen molar-refractivity contribution in [2.45, 2.75) is 44.1 Å². The normalized spacial score (nSPS) is 20.6. The van der Waals surface area contributed by atoms with Crippen LogP contribution in [0.5, 0.6) is 0 Å². The molecule has 0 spiro atoms. The molecule has 4 heterocycles. The van der Waals surface area contributed by atoms with Gasteiger partial charge in [-0.15, -0.1) is 10.2 Å². The fraction of sp³-hybridized carbons (Fsp3) is 0.500. The first-order valence-corrected chi connectivity index (χ1v) is 13.1. The first-order valence-electron chi connectivity index (χ1n) is 10.5. The molecule has 1 atom stereocenters. The van der Waals surface area contributed by atoms with Crippen molar-refractivity contribution in [3.8, 4) is 10.6 Å². The lowest BCUT2D eigenvalue weighted by molar-refractivity contribution is 0.480. The van der Waals surface area contributed by atoms with Gasteiger partial charge in [0.1, 0.15) is 10.8 Å². The van der Waals surface area contributed by atoms with Gasteiger partial charge < -0.3 is 11.1 Å². The third kappa shape index (κ3) is 4.21. The molecule has 1 unspecified atom stereocenters. The lowest BCUT2D eigenvalue weighted by atomic mass is 10.1. The zero-order valence-electron chi connectivity index (χ0n) is 17.3. The molecule has 5 rings (SSSR count). The summed E-state index contributed by atoms with van der Waals surface area (Å²) in [6, 6.07) is 3.86. The van der Waals surface area contributed by atoms with Crippen molar-refractivity contribution >= 4 is 43.9 Å². The van der Waals surface area contributed by atoms with E-state index < -0.39 is 10.0 Å². The van der Waals surface area contributed by atoms with Crippen LogP contribution >= 0.6 is 11.3 Å². The number of nitrogens with two attached hydrogens (primary N) is 1. The van der Waals surface area contributed by atoms with Crippen LogP contribution in [-0.2, 0) is 10.0 Å². The number of anilines is 2. The van der Waals surface area contributed by atoms with Crippen molar-refractivity contribution in [1.29, 1.82) is 0 Å². The van der Waals surface area contributed by atoms with Gasteiger partial charge >= 0.3 is 0 Å². The summed E-state index contributed by atoms with van der Waals surface area (Å²) in [6.45, 7) is 0.975. The summed E-state index contributed by atoms with van der Waals surface area (Å²) in [5.41, 5.74) is 9.25. The van der Waals surface area contributed by atoms with E-state index in [4.69, 9.17) is 5.73 Å². The molecule has 31 heavy (non-hydrogen) atoms. The maximum absolute atomic E-state index is 11.7. The van der Waals surface area contributed by atoms with Crippen LogP contribution < -0.4 is 11.1 Å². The van der Waals surface area contributed by atoms with Gasteiger partial charge in [-0.25, -0.2) is 17.7 Å². The number of pyridine rings is 2. The molecule has 3 aromatic rings. The third-order valence-corrected chi connectivity index (χ3v) is 8.45. The molecule has 3 aromatic heterocycles. The first-order chi connectivity index (χ1) is 14.9. The standard InChI is InChI=1S/C20H25N7O2S2/c1-31(28,29)27-7-6-13(11-27)23-14-8-17-16(22-10-14)9-15(18(21)24-17)20-26-25-19(30-20)12-4-2-3-5-12/h8-10,12-13,23H,2-7,11H2,1H3,(H2,21,24). The van der Waals surface area contributed by atoms with Crippen LogP contribution in [-0.4, -0.2) is 58.3 Å². The molecular weight excluding hydrogens is 434 g/mol. The quantitative estimate of drug-likeness (QED) is 0.596. The molecule has 11 heteroatoms. The zero-order valence-corrected chi connectivity index (χ0v) is 18.9. The topological polar surface area (TPSA) is 127 Å². The number of rotatable bonds is 5. The number of nitrogen functional groups attached to an aromatic ring is 1. The third-order valence-electron chi connectivity index (χ3n) is 6.06. The molecule has 1 saturated carbocycles. The van der Waals surface area contributed by atoms with Crippen molar-refractivity contribution in [3.05, 3.63) is 23.3 Å². The summed E-state index contributed by atoms with van der Waals surface area (Å²) in [5.74, 6) is 0.923. The summed E-state index contributed by atoms with van der Waals surface area (Å²) >= 11 is 1.60. The maximum Gasteiger partial charge on any atom is 0.211 e. The number of nitrogens with one attached hydrogen (secondary N) is 1. The van der Waals surface area contributed by atoms with Crippen LogP contribution in [0.1, 0.15) is 43.0 Å². The minimum Gasteiger partial charge on any atom is -0.383 e. The molecule has 1 saturated heterocycles. The second kappa shape index (κ2) is 7.95. The number of hydrogen-bond donors (Lipinski definition) is 2. The molecule has 1 aliphatic carbocycles. The van der Waals surface area contributed by atoms with E-state index >= 15 is 0 Å². The van der Waals surface area contributed by atoms with Gasteiger partial charge in [-0.3, -0.25) is 4.98 Å². The number of fused-ring (bicyclic) bond motifs is 1. The smallest absolute Gasteiger partial charge is 0.211 e. The Balaban J connectivity index is 1.36. The van der Waals surface area contributed by atoms with Crippen LogP contribution in [0.3, 0.4) is 0 Å². The van der Waals surface area contributed by atoms with Gasteiger partial charge in [0.15, 0.2) is 5.01 Å². The predicted octanol–water partition coefficient (Wildman–Crippen LogP) is 2.83. The summed E-state index contributed by atoms with van der Waals surface area (Å²) in [5, 5.41) is 14.0. The van der Waals surface area contributed by atoms with E-state index in [1.807, 2.05) is 12.1 Å². The van der Waals surface area contributed by atoms with Gasteiger partial charge in [-0.2, -0.15) is 0 Å². The largest absolute Gasteiger partial charge is 0.383 e. The maximum atomic E-state index is 11.7. The molecule has 9 nitrogen and oxygen atoms in total. The molecule has 0 bridgehead atoms. The molecular formula is C20H25N7O2S2. The lowest BCUT2D eigenvalue weighted by Gasteiger charge is -2.15. The number of aromatic nitrogens is 4. The highest BCUT2D eigenvalue weighted by Crippen LogP contribution is 2.38. The Hall–Kier alpha value is -2.37. The van der Waals surface area contributed by atoms with Crippen LogP contribution in [0.4, 0.5) is 11.5 Å². The second-order valence-corrected chi connectivity index (χ2v) is 11.4. The van der Waals surface area contributed by atoms with E-state index in [2.05, 4.69) is 25.5 Å². The monoisotopic (exact) mass is 459 g/mol. The number of nitrogens with zero attached hydrogens (tertiary/aromatic N) is 5. The van der Waals surface area contributed by atoms with Gasteiger partial charge in [0.2, 0.25) is 10.0 Å². The van der Waals surface area contributed by atoms with E-state index in [1.165, 1.54) is 36.2 Å². The van der Waals surface area contributed by atoms with Crippen LogP contribution in [0, 0.1) is 0 Å². The summed E-state index contributed by atoms with van der Waals surface area (Å²) < 4.78 is 24.9. The Kier molecular flexibility index (Phi) is 5.27. The number of hydrogen-bond acceptors (Lipinski definition) is 9. The Bertz CT molecular complexity index is 1220. The van der Waals surface area contributed by atoms with E-state index in [-0.39, 0.29) is 6.04 Å². The van der Waals surface area contributed by atoms with Gasteiger partial charge in [0, 0.05) is 25.0 Å². The minimum atomic E-state index is -3.16. The molecule has 1 aliphatic heterocycles. The average molecular weight is 460 g/mol.